The number of carbonyl (C=O) groups is 1. The molecule has 8 nitrogen and oxygen atoms in total. The quantitative estimate of drug-likeness (QED) is 0.690. The Bertz CT molecular complexity index is 759. The van der Waals surface area contributed by atoms with Gasteiger partial charge in [-0.1, -0.05) is 0 Å². The predicted octanol–water partition coefficient (Wildman–Crippen LogP) is 2.92. The van der Waals surface area contributed by atoms with Gasteiger partial charge in [-0.2, -0.15) is 4.98 Å². The minimum Gasteiger partial charge on any atom is -0.497 e. The zero-order chi connectivity index (χ0) is 20.0. The number of carbonyl (C=O) groups excluding carboxylic acids is 1. The van der Waals surface area contributed by atoms with Crippen molar-refractivity contribution < 1.29 is 14.6 Å². The summed E-state index contributed by atoms with van der Waals surface area (Å²) < 4.78 is 5.18. The lowest BCUT2D eigenvalue weighted by Gasteiger charge is -2.27. The van der Waals surface area contributed by atoms with Crippen LogP contribution in [0.4, 0.5) is 22.2 Å². The largest absolute Gasteiger partial charge is 0.497 e. The van der Waals surface area contributed by atoms with Crippen molar-refractivity contribution in [3.05, 3.63) is 36.5 Å². The number of aliphatic hydroxyl groups is 1. The average molecular weight is 373 g/mol. The summed E-state index contributed by atoms with van der Waals surface area (Å²) in [7, 11) is 1.59. The predicted molar refractivity (Wildman–Crippen MR) is 106 cm³/mol. The second-order valence-corrected chi connectivity index (χ2v) is 6.63. The minimum absolute atomic E-state index is 0.286. The van der Waals surface area contributed by atoms with Gasteiger partial charge >= 0.3 is 6.03 Å². The number of rotatable bonds is 7. The summed E-state index contributed by atoms with van der Waals surface area (Å²) in [5.41, 5.74) is -0.309. The summed E-state index contributed by atoms with van der Waals surface area (Å²) in [6, 6.07) is 8.18. The van der Waals surface area contributed by atoms with Crippen molar-refractivity contribution in [1.29, 1.82) is 0 Å². The number of ether oxygens (including phenoxy) is 1. The molecule has 0 aliphatic heterocycles. The number of nitrogens with zero attached hydrogens (tertiary/aromatic N) is 3. The van der Waals surface area contributed by atoms with E-state index >= 15 is 0 Å². The molecule has 0 saturated heterocycles. The molecule has 0 bridgehead atoms. The number of benzene rings is 1. The fraction of sp³-hybridized carbons (Fsp3) is 0.421. The molecule has 3 N–H and O–H groups in total. The summed E-state index contributed by atoms with van der Waals surface area (Å²) in [6.07, 6.45) is 1.57. The van der Waals surface area contributed by atoms with Crippen molar-refractivity contribution in [2.24, 2.45) is 0 Å². The standard InChI is InChI=1S/C19H27N5O3/c1-6-20-18(25)24(14-7-9-15(27-5)10-8-14)16-11-12-21-17(23-16)22-13(2)19(3,4)26/h7-13,26H,6H2,1-5H3,(H,20,25)(H,21,22,23)/t13-/m0/s1. The molecular weight excluding hydrogens is 346 g/mol. The Morgan fingerprint density at radius 3 is 2.52 bits per heavy atom. The molecule has 0 spiro atoms. The van der Waals surface area contributed by atoms with Gasteiger partial charge in [-0.05, 0) is 52.0 Å². The van der Waals surface area contributed by atoms with Crippen LogP contribution in [0.2, 0.25) is 0 Å². The highest BCUT2D eigenvalue weighted by Crippen LogP contribution is 2.26. The third kappa shape index (κ3) is 5.30. The molecule has 0 aliphatic rings. The van der Waals surface area contributed by atoms with E-state index in [9.17, 15) is 9.90 Å². The number of hydrogen-bond donors (Lipinski definition) is 3. The third-order valence-electron chi connectivity index (χ3n) is 4.14. The molecule has 8 heteroatoms. The van der Waals surface area contributed by atoms with Crippen molar-refractivity contribution in [2.45, 2.75) is 39.3 Å². The first-order valence-corrected chi connectivity index (χ1v) is 8.80. The molecule has 1 atom stereocenters. The maximum Gasteiger partial charge on any atom is 0.327 e. The van der Waals surface area contributed by atoms with E-state index < -0.39 is 5.60 Å². The number of methoxy groups -OCH3 is 1. The molecule has 146 valence electrons. The van der Waals surface area contributed by atoms with Crippen LogP contribution >= 0.6 is 0 Å². The van der Waals surface area contributed by atoms with Crippen LogP contribution in [0.5, 0.6) is 5.75 Å². The number of anilines is 3. The molecular formula is C19H27N5O3. The van der Waals surface area contributed by atoms with Crippen molar-refractivity contribution in [2.75, 3.05) is 23.9 Å². The van der Waals surface area contributed by atoms with E-state index in [1.807, 2.05) is 13.8 Å². The fourth-order valence-corrected chi connectivity index (χ4v) is 2.23. The monoisotopic (exact) mass is 373 g/mol. The number of urea groups is 1. The normalized spacial score (nSPS) is 12.2. The highest BCUT2D eigenvalue weighted by molar-refractivity contribution is 5.98. The van der Waals surface area contributed by atoms with Crippen LogP contribution in [0.3, 0.4) is 0 Å². The summed E-state index contributed by atoms with van der Waals surface area (Å²) in [6.45, 7) is 7.57. The van der Waals surface area contributed by atoms with Gasteiger partial charge in [0.05, 0.1) is 24.4 Å². The van der Waals surface area contributed by atoms with Crippen LogP contribution in [0.1, 0.15) is 27.7 Å². The molecule has 27 heavy (non-hydrogen) atoms. The van der Waals surface area contributed by atoms with E-state index in [1.54, 1.807) is 57.5 Å². The first-order chi connectivity index (χ1) is 12.8. The van der Waals surface area contributed by atoms with E-state index in [2.05, 4.69) is 20.6 Å². The number of nitrogens with one attached hydrogen (secondary N) is 2. The summed E-state index contributed by atoms with van der Waals surface area (Å²) in [5.74, 6) is 1.43. The van der Waals surface area contributed by atoms with Crippen molar-refractivity contribution in [3.8, 4) is 5.75 Å². The molecule has 1 heterocycles. The van der Waals surface area contributed by atoms with Gasteiger partial charge in [0.1, 0.15) is 11.6 Å². The van der Waals surface area contributed by atoms with Crippen LogP contribution in [0.25, 0.3) is 0 Å². The molecule has 0 radical (unpaired) electrons. The van der Waals surface area contributed by atoms with Gasteiger partial charge in [0.2, 0.25) is 5.95 Å². The Labute approximate surface area is 159 Å². The van der Waals surface area contributed by atoms with E-state index in [0.717, 1.165) is 0 Å². The van der Waals surface area contributed by atoms with Gasteiger partial charge < -0.3 is 20.5 Å². The zero-order valence-electron chi connectivity index (χ0n) is 16.4. The van der Waals surface area contributed by atoms with Crippen LogP contribution in [-0.4, -0.2) is 46.4 Å². The van der Waals surface area contributed by atoms with Crippen LogP contribution in [0.15, 0.2) is 36.5 Å². The first-order valence-electron chi connectivity index (χ1n) is 8.80. The smallest absolute Gasteiger partial charge is 0.327 e. The summed E-state index contributed by atoms with van der Waals surface area (Å²) in [4.78, 5) is 22.8. The maximum atomic E-state index is 12.7. The highest BCUT2D eigenvalue weighted by Gasteiger charge is 2.24. The molecule has 0 saturated carbocycles. The lowest BCUT2D eigenvalue weighted by atomic mass is 10.0. The molecule has 2 amide bonds. The van der Waals surface area contributed by atoms with Gasteiger partial charge in [0.25, 0.3) is 0 Å². The van der Waals surface area contributed by atoms with E-state index in [1.165, 1.54) is 4.90 Å². The third-order valence-corrected chi connectivity index (χ3v) is 4.14. The van der Waals surface area contributed by atoms with Crippen LogP contribution in [0, 0.1) is 0 Å². The highest BCUT2D eigenvalue weighted by atomic mass is 16.5. The molecule has 0 aliphatic carbocycles. The van der Waals surface area contributed by atoms with Crippen molar-refractivity contribution in [1.82, 2.24) is 15.3 Å². The van der Waals surface area contributed by atoms with Crippen molar-refractivity contribution in [3.63, 3.8) is 0 Å². The zero-order valence-corrected chi connectivity index (χ0v) is 16.4. The Morgan fingerprint density at radius 2 is 1.96 bits per heavy atom. The SMILES string of the molecule is CCNC(=O)N(c1ccc(OC)cc1)c1ccnc(N[C@@H](C)C(C)(C)O)n1. The van der Waals surface area contributed by atoms with Gasteiger partial charge in [-0.25, -0.2) is 14.7 Å². The molecule has 0 unspecified atom stereocenters. The Balaban J connectivity index is 2.37. The molecule has 1 aromatic heterocycles. The average Bonchev–Trinajstić information content (AvgIpc) is 2.62. The topological polar surface area (TPSA) is 99.6 Å². The van der Waals surface area contributed by atoms with Crippen LogP contribution in [-0.2, 0) is 0 Å². The molecule has 2 rings (SSSR count). The molecule has 0 fully saturated rings. The number of amides is 2. The fourth-order valence-electron chi connectivity index (χ4n) is 2.23. The van der Waals surface area contributed by atoms with Crippen molar-refractivity contribution >= 4 is 23.5 Å². The summed E-state index contributed by atoms with van der Waals surface area (Å²) >= 11 is 0. The van der Waals surface area contributed by atoms with Gasteiger partial charge in [0, 0.05) is 18.8 Å². The van der Waals surface area contributed by atoms with E-state index in [-0.39, 0.29) is 12.1 Å². The second kappa shape index (κ2) is 8.68. The van der Waals surface area contributed by atoms with Gasteiger partial charge in [-0.15, -0.1) is 0 Å². The van der Waals surface area contributed by atoms with Gasteiger partial charge in [-0.3, -0.25) is 0 Å². The number of hydrogen-bond acceptors (Lipinski definition) is 6. The Morgan fingerprint density at radius 1 is 1.30 bits per heavy atom. The lowest BCUT2D eigenvalue weighted by Crippen LogP contribution is -2.40. The Kier molecular flexibility index (Phi) is 6.57. The molecule has 1 aromatic carbocycles. The summed E-state index contributed by atoms with van der Waals surface area (Å²) in [5, 5.41) is 16.0. The van der Waals surface area contributed by atoms with Crippen LogP contribution < -0.4 is 20.3 Å². The van der Waals surface area contributed by atoms with E-state index in [0.29, 0.717) is 29.7 Å². The molecule has 2 aromatic rings. The minimum atomic E-state index is -0.950. The van der Waals surface area contributed by atoms with Gasteiger partial charge in [0.15, 0.2) is 0 Å². The second-order valence-electron chi connectivity index (χ2n) is 6.63. The Hall–Kier alpha value is -2.87. The lowest BCUT2D eigenvalue weighted by molar-refractivity contribution is 0.0646. The number of aromatic nitrogens is 2. The first kappa shape index (κ1) is 20.4. The van der Waals surface area contributed by atoms with E-state index in [4.69, 9.17) is 4.74 Å². The maximum absolute atomic E-state index is 12.7.